The van der Waals surface area contributed by atoms with Gasteiger partial charge in [-0.3, -0.25) is 4.79 Å². The van der Waals surface area contributed by atoms with Crippen molar-refractivity contribution in [2.45, 2.75) is 13.3 Å². The zero-order chi connectivity index (χ0) is 14.9. The summed E-state index contributed by atoms with van der Waals surface area (Å²) in [6, 6.07) is 3.83. The third kappa shape index (κ3) is 2.45. The predicted molar refractivity (Wildman–Crippen MR) is 72.4 cm³/mol. The SMILES string of the molecule is CNC(=O)C1(C)CCN(c2ccc(C(=O)O)cc2F)C1. The van der Waals surface area contributed by atoms with Crippen LogP contribution in [0.2, 0.25) is 0 Å². The van der Waals surface area contributed by atoms with Gasteiger partial charge in [0.2, 0.25) is 5.91 Å². The topological polar surface area (TPSA) is 69.6 Å². The number of carbonyl (C=O) groups excluding carboxylic acids is 1. The molecule has 0 saturated carbocycles. The molecule has 6 heteroatoms. The molecule has 2 N–H and O–H groups in total. The van der Waals surface area contributed by atoms with Gasteiger partial charge in [-0.05, 0) is 31.5 Å². The normalized spacial score (nSPS) is 21.9. The number of nitrogens with zero attached hydrogens (tertiary/aromatic N) is 1. The molecule has 2 rings (SSSR count). The summed E-state index contributed by atoms with van der Waals surface area (Å²) in [4.78, 5) is 24.4. The number of aromatic carboxylic acids is 1. The lowest BCUT2D eigenvalue weighted by molar-refractivity contribution is -0.128. The van der Waals surface area contributed by atoms with Gasteiger partial charge < -0.3 is 15.3 Å². The van der Waals surface area contributed by atoms with Gasteiger partial charge in [0.15, 0.2) is 0 Å². The van der Waals surface area contributed by atoms with Gasteiger partial charge in [-0.2, -0.15) is 0 Å². The molecular weight excluding hydrogens is 263 g/mol. The van der Waals surface area contributed by atoms with Gasteiger partial charge in [0.05, 0.1) is 16.7 Å². The van der Waals surface area contributed by atoms with E-state index in [1.807, 2.05) is 6.92 Å². The van der Waals surface area contributed by atoms with E-state index in [4.69, 9.17) is 5.11 Å². The first-order valence-electron chi connectivity index (χ1n) is 6.37. The standard InChI is InChI=1S/C14H17FN2O3/c1-14(13(20)16-2)5-6-17(8-14)11-4-3-9(12(18)19)7-10(11)15/h3-4,7H,5-6,8H2,1-2H3,(H,16,20)(H,18,19). The van der Waals surface area contributed by atoms with E-state index in [-0.39, 0.29) is 11.5 Å². The Hall–Kier alpha value is -2.11. The fourth-order valence-corrected chi connectivity index (χ4v) is 2.55. The first kappa shape index (κ1) is 14.3. The molecule has 1 unspecified atom stereocenters. The molecule has 1 aromatic rings. The Morgan fingerprint density at radius 1 is 1.45 bits per heavy atom. The van der Waals surface area contributed by atoms with Crippen molar-refractivity contribution in [3.63, 3.8) is 0 Å². The van der Waals surface area contributed by atoms with Gasteiger partial charge in [-0.15, -0.1) is 0 Å². The molecule has 1 aliphatic rings. The molecule has 1 amide bonds. The van der Waals surface area contributed by atoms with Crippen LogP contribution in [0.25, 0.3) is 0 Å². The molecule has 1 aromatic carbocycles. The second-order valence-corrected chi connectivity index (χ2v) is 5.28. The Morgan fingerprint density at radius 3 is 2.70 bits per heavy atom. The van der Waals surface area contributed by atoms with E-state index in [2.05, 4.69) is 5.32 Å². The van der Waals surface area contributed by atoms with Gasteiger partial charge in [-0.1, -0.05) is 0 Å². The zero-order valence-electron chi connectivity index (χ0n) is 11.4. The second-order valence-electron chi connectivity index (χ2n) is 5.28. The lowest BCUT2D eigenvalue weighted by Crippen LogP contribution is -2.39. The van der Waals surface area contributed by atoms with Crippen molar-refractivity contribution in [2.75, 3.05) is 25.0 Å². The summed E-state index contributed by atoms with van der Waals surface area (Å²) in [6.07, 6.45) is 0.632. The van der Waals surface area contributed by atoms with Crippen molar-refractivity contribution in [2.24, 2.45) is 5.41 Å². The quantitative estimate of drug-likeness (QED) is 0.880. The minimum atomic E-state index is -1.16. The van der Waals surface area contributed by atoms with Gasteiger partial charge in [0.1, 0.15) is 5.82 Å². The fourth-order valence-electron chi connectivity index (χ4n) is 2.55. The number of carboxylic acids is 1. The van der Waals surface area contributed by atoms with Crippen LogP contribution in [0, 0.1) is 11.2 Å². The molecule has 0 aliphatic carbocycles. The molecule has 1 atom stereocenters. The lowest BCUT2D eigenvalue weighted by Gasteiger charge is -2.24. The van der Waals surface area contributed by atoms with E-state index < -0.39 is 17.2 Å². The van der Waals surface area contributed by atoms with Crippen LogP contribution < -0.4 is 10.2 Å². The minimum absolute atomic E-state index is 0.0671. The molecule has 0 radical (unpaired) electrons. The Balaban J connectivity index is 2.22. The summed E-state index contributed by atoms with van der Waals surface area (Å²) in [5.41, 5.74) is -0.297. The number of hydrogen-bond donors (Lipinski definition) is 2. The van der Waals surface area contributed by atoms with E-state index in [1.165, 1.54) is 12.1 Å². The van der Waals surface area contributed by atoms with Crippen molar-refractivity contribution in [3.05, 3.63) is 29.6 Å². The summed E-state index contributed by atoms with van der Waals surface area (Å²) in [6.45, 7) is 2.82. The molecule has 1 fully saturated rings. The Morgan fingerprint density at radius 2 is 2.15 bits per heavy atom. The van der Waals surface area contributed by atoms with Crippen molar-refractivity contribution >= 4 is 17.6 Å². The number of nitrogens with one attached hydrogen (secondary N) is 1. The average molecular weight is 280 g/mol. The van der Waals surface area contributed by atoms with Gasteiger partial charge >= 0.3 is 5.97 Å². The Labute approximate surface area is 116 Å². The number of carboxylic acid groups (broad SMARTS) is 1. The highest BCUT2D eigenvalue weighted by atomic mass is 19.1. The smallest absolute Gasteiger partial charge is 0.335 e. The third-order valence-corrected chi connectivity index (χ3v) is 3.78. The van der Waals surface area contributed by atoms with Crippen LogP contribution in [-0.2, 0) is 4.79 Å². The van der Waals surface area contributed by atoms with Crippen LogP contribution in [0.3, 0.4) is 0 Å². The maximum Gasteiger partial charge on any atom is 0.335 e. The maximum absolute atomic E-state index is 14.0. The van der Waals surface area contributed by atoms with Crippen molar-refractivity contribution < 1.29 is 19.1 Å². The molecule has 20 heavy (non-hydrogen) atoms. The maximum atomic E-state index is 14.0. The van der Waals surface area contributed by atoms with E-state index in [1.54, 1.807) is 11.9 Å². The fraction of sp³-hybridized carbons (Fsp3) is 0.429. The first-order valence-corrected chi connectivity index (χ1v) is 6.37. The van der Waals surface area contributed by atoms with Crippen LogP contribution in [0.1, 0.15) is 23.7 Å². The second kappa shape index (κ2) is 5.11. The molecule has 0 bridgehead atoms. The monoisotopic (exact) mass is 280 g/mol. The van der Waals surface area contributed by atoms with Crippen molar-refractivity contribution in [1.29, 1.82) is 0 Å². The number of amides is 1. The summed E-state index contributed by atoms with van der Waals surface area (Å²) < 4.78 is 14.0. The van der Waals surface area contributed by atoms with E-state index in [0.29, 0.717) is 25.2 Å². The van der Waals surface area contributed by atoms with Crippen LogP contribution in [-0.4, -0.2) is 37.1 Å². The van der Waals surface area contributed by atoms with Crippen LogP contribution in [0.15, 0.2) is 18.2 Å². The summed E-state index contributed by atoms with van der Waals surface area (Å²) in [7, 11) is 1.58. The first-order chi connectivity index (χ1) is 9.37. The van der Waals surface area contributed by atoms with E-state index >= 15 is 0 Å². The number of halogens is 1. The van der Waals surface area contributed by atoms with E-state index in [0.717, 1.165) is 6.07 Å². The highest BCUT2D eigenvalue weighted by Crippen LogP contribution is 2.34. The van der Waals surface area contributed by atoms with Gasteiger partial charge in [0, 0.05) is 20.1 Å². The predicted octanol–water partition coefficient (Wildman–Crippen LogP) is 1.49. The molecule has 1 aliphatic heterocycles. The molecule has 0 aromatic heterocycles. The highest BCUT2D eigenvalue weighted by molar-refractivity contribution is 5.88. The van der Waals surface area contributed by atoms with Gasteiger partial charge in [-0.25, -0.2) is 9.18 Å². The van der Waals surface area contributed by atoms with Crippen LogP contribution in [0.5, 0.6) is 0 Å². The molecule has 1 heterocycles. The number of benzene rings is 1. The Bertz CT molecular complexity index is 561. The molecule has 0 spiro atoms. The summed E-state index contributed by atoms with van der Waals surface area (Å²) >= 11 is 0. The largest absolute Gasteiger partial charge is 0.478 e. The summed E-state index contributed by atoms with van der Waals surface area (Å²) in [5, 5.41) is 11.4. The molecule has 5 nitrogen and oxygen atoms in total. The number of anilines is 1. The number of hydrogen-bond acceptors (Lipinski definition) is 3. The summed E-state index contributed by atoms with van der Waals surface area (Å²) in [5.74, 6) is -1.80. The minimum Gasteiger partial charge on any atom is -0.478 e. The van der Waals surface area contributed by atoms with Gasteiger partial charge in [0.25, 0.3) is 0 Å². The van der Waals surface area contributed by atoms with Crippen LogP contribution in [0.4, 0.5) is 10.1 Å². The Kier molecular flexibility index (Phi) is 3.65. The number of carbonyl (C=O) groups is 2. The zero-order valence-corrected chi connectivity index (χ0v) is 11.4. The third-order valence-electron chi connectivity index (χ3n) is 3.78. The molecular formula is C14H17FN2O3. The average Bonchev–Trinajstić information content (AvgIpc) is 2.81. The number of rotatable bonds is 3. The molecule has 1 saturated heterocycles. The van der Waals surface area contributed by atoms with Crippen molar-refractivity contribution in [3.8, 4) is 0 Å². The lowest BCUT2D eigenvalue weighted by atomic mass is 9.89. The highest BCUT2D eigenvalue weighted by Gasteiger charge is 2.40. The molecule has 108 valence electrons. The van der Waals surface area contributed by atoms with E-state index in [9.17, 15) is 14.0 Å². The van der Waals surface area contributed by atoms with Crippen molar-refractivity contribution in [1.82, 2.24) is 5.32 Å². The van der Waals surface area contributed by atoms with Crippen LogP contribution >= 0.6 is 0 Å².